The van der Waals surface area contributed by atoms with Crippen LogP contribution in [0.2, 0.25) is 0 Å². The third-order valence-electron chi connectivity index (χ3n) is 3.99. The molecule has 12 heteroatoms. The van der Waals surface area contributed by atoms with Gasteiger partial charge in [0.15, 0.2) is 6.10 Å². The topological polar surface area (TPSA) is 187 Å². The molecule has 1 rings (SSSR count). The van der Waals surface area contributed by atoms with Gasteiger partial charge >= 0.3 is 11.9 Å². The molecule has 0 aliphatic carbocycles. The maximum absolute atomic E-state index is 12.7. The average molecular weight is 441 g/mol. The minimum atomic E-state index is -1.79. The van der Waals surface area contributed by atoms with Gasteiger partial charge in [-0.05, 0) is 12.0 Å². The molecule has 11 nitrogen and oxygen atoms in total. The highest BCUT2D eigenvalue weighted by Crippen LogP contribution is 2.16. The molecule has 0 aromatic heterocycles. The summed E-state index contributed by atoms with van der Waals surface area (Å²) in [4.78, 5) is 59.5. The van der Waals surface area contributed by atoms with Crippen LogP contribution >= 0.6 is 12.6 Å². The Morgan fingerprint density at radius 2 is 1.67 bits per heavy atom. The highest BCUT2D eigenvalue weighted by Gasteiger charge is 2.34. The van der Waals surface area contributed by atoms with Gasteiger partial charge in [-0.3, -0.25) is 28.9 Å². The highest BCUT2D eigenvalue weighted by atomic mass is 32.1. The number of hydrogen-bond donors (Lipinski definition) is 6. The predicted octanol–water partition coefficient (Wildman–Crippen LogP) is -1.23. The number of carbonyl (C=O) groups is 5. The summed E-state index contributed by atoms with van der Waals surface area (Å²) in [7, 11) is 0. The van der Waals surface area contributed by atoms with Gasteiger partial charge in [0.25, 0.3) is 11.8 Å². The van der Waals surface area contributed by atoms with Crippen molar-refractivity contribution in [1.29, 1.82) is 0 Å². The quantitative estimate of drug-likeness (QED) is 0.228. The fraction of sp³-hybridized carbons (Fsp3) is 0.389. The molecule has 30 heavy (non-hydrogen) atoms. The number of nitrogens with zero attached hydrogens (tertiary/aromatic N) is 1. The number of hydrogen-bond acceptors (Lipinski definition) is 8. The predicted molar refractivity (Wildman–Crippen MR) is 106 cm³/mol. The molecule has 1 aromatic carbocycles. The Balaban J connectivity index is 2.93. The van der Waals surface area contributed by atoms with Crippen LogP contribution in [0.25, 0.3) is 0 Å². The Hall–Kier alpha value is -2.96. The first kappa shape index (κ1) is 25.1. The SMILES string of the molecule is NC(CCC(=O)NC(CS)C(=O)N(CC(=O)O)C(=O)[C@@H](O)c1ccccc1)C(=O)O. The maximum atomic E-state index is 12.7. The van der Waals surface area contributed by atoms with E-state index in [4.69, 9.17) is 15.9 Å². The van der Waals surface area contributed by atoms with E-state index in [2.05, 4.69) is 17.9 Å². The maximum Gasteiger partial charge on any atom is 0.323 e. The van der Waals surface area contributed by atoms with Gasteiger partial charge in [0.1, 0.15) is 18.6 Å². The Morgan fingerprint density at radius 3 is 2.17 bits per heavy atom. The van der Waals surface area contributed by atoms with Gasteiger partial charge in [0, 0.05) is 12.2 Å². The van der Waals surface area contributed by atoms with E-state index in [1.165, 1.54) is 12.1 Å². The van der Waals surface area contributed by atoms with Crippen LogP contribution in [0.4, 0.5) is 0 Å². The Labute approximate surface area is 177 Å². The van der Waals surface area contributed by atoms with Crippen molar-refractivity contribution in [2.75, 3.05) is 12.3 Å². The van der Waals surface area contributed by atoms with Crippen molar-refractivity contribution in [3.63, 3.8) is 0 Å². The number of aliphatic hydroxyl groups excluding tert-OH is 1. The number of amides is 3. The van der Waals surface area contributed by atoms with E-state index in [0.717, 1.165) is 0 Å². The number of imide groups is 1. The van der Waals surface area contributed by atoms with Gasteiger partial charge in [-0.1, -0.05) is 30.3 Å². The molecule has 3 atom stereocenters. The van der Waals surface area contributed by atoms with Gasteiger partial charge in [-0.2, -0.15) is 12.6 Å². The zero-order valence-electron chi connectivity index (χ0n) is 15.8. The second-order valence-corrected chi connectivity index (χ2v) is 6.62. The van der Waals surface area contributed by atoms with E-state index in [1.807, 2.05) is 0 Å². The van der Waals surface area contributed by atoms with E-state index in [9.17, 15) is 29.1 Å². The van der Waals surface area contributed by atoms with Gasteiger partial charge in [-0.15, -0.1) is 0 Å². The molecule has 0 saturated carbocycles. The lowest BCUT2D eigenvalue weighted by atomic mass is 10.1. The third kappa shape index (κ3) is 7.46. The molecule has 6 N–H and O–H groups in total. The van der Waals surface area contributed by atoms with E-state index in [1.54, 1.807) is 18.2 Å². The zero-order chi connectivity index (χ0) is 22.8. The zero-order valence-corrected chi connectivity index (χ0v) is 16.7. The molecular formula is C18H23N3O8S. The summed E-state index contributed by atoms with van der Waals surface area (Å²) < 4.78 is 0. The van der Waals surface area contributed by atoms with Crippen molar-refractivity contribution < 1.29 is 39.3 Å². The summed E-state index contributed by atoms with van der Waals surface area (Å²) in [6, 6.07) is 4.94. The number of rotatable bonds is 11. The average Bonchev–Trinajstić information content (AvgIpc) is 2.72. The first-order chi connectivity index (χ1) is 14.1. The summed E-state index contributed by atoms with van der Waals surface area (Å²) in [5.41, 5.74) is 5.46. The van der Waals surface area contributed by atoms with E-state index < -0.39 is 54.4 Å². The molecule has 0 fully saturated rings. The van der Waals surface area contributed by atoms with Crippen molar-refractivity contribution >= 4 is 42.3 Å². The smallest absolute Gasteiger partial charge is 0.323 e. The normalized spacial score (nSPS) is 13.6. The molecule has 1 aromatic rings. The molecule has 0 aliphatic heterocycles. The van der Waals surface area contributed by atoms with Gasteiger partial charge in [0.2, 0.25) is 5.91 Å². The molecular weight excluding hydrogens is 418 g/mol. The molecule has 2 unspecified atom stereocenters. The summed E-state index contributed by atoms with van der Waals surface area (Å²) in [5, 5.41) is 30.3. The summed E-state index contributed by atoms with van der Waals surface area (Å²) in [5.74, 6) is -6.07. The second-order valence-electron chi connectivity index (χ2n) is 6.26. The number of thiol groups is 1. The molecule has 0 radical (unpaired) electrons. The molecule has 3 amide bonds. The number of nitrogens with one attached hydrogen (secondary N) is 1. The van der Waals surface area contributed by atoms with Crippen LogP contribution < -0.4 is 11.1 Å². The molecule has 0 spiro atoms. The Kier molecular flexibility index (Phi) is 9.95. The van der Waals surface area contributed by atoms with Crippen LogP contribution in [-0.4, -0.2) is 74.3 Å². The van der Waals surface area contributed by atoms with Gasteiger partial charge in [0.05, 0.1) is 0 Å². The first-order valence-electron chi connectivity index (χ1n) is 8.77. The number of carboxylic acid groups (broad SMARTS) is 2. The summed E-state index contributed by atoms with van der Waals surface area (Å²) >= 11 is 3.94. The van der Waals surface area contributed by atoms with Crippen LogP contribution in [0.15, 0.2) is 30.3 Å². The van der Waals surface area contributed by atoms with Crippen LogP contribution in [-0.2, 0) is 24.0 Å². The van der Waals surface area contributed by atoms with Crippen molar-refractivity contribution in [3.8, 4) is 0 Å². The number of carbonyl (C=O) groups excluding carboxylic acids is 3. The fourth-order valence-corrected chi connectivity index (χ4v) is 2.62. The monoisotopic (exact) mass is 441 g/mol. The largest absolute Gasteiger partial charge is 0.480 e. The van der Waals surface area contributed by atoms with Gasteiger partial charge < -0.3 is 26.4 Å². The third-order valence-corrected chi connectivity index (χ3v) is 4.36. The lowest BCUT2D eigenvalue weighted by Gasteiger charge is -2.26. The lowest BCUT2D eigenvalue weighted by molar-refractivity contribution is -0.158. The molecule has 0 aliphatic rings. The Morgan fingerprint density at radius 1 is 1.07 bits per heavy atom. The number of carboxylic acids is 2. The summed E-state index contributed by atoms with van der Waals surface area (Å²) in [6.45, 7) is -1.04. The fourth-order valence-electron chi connectivity index (χ4n) is 2.38. The van der Waals surface area contributed by atoms with Crippen LogP contribution in [0.3, 0.4) is 0 Å². The number of aliphatic hydroxyl groups is 1. The minimum absolute atomic E-state index is 0.153. The second kappa shape index (κ2) is 11.9. The van der Waals surface area contributed by atoms with Crippen LogP contribution in [0, 0.1) is 0 Å². The van der Waals surface area contributed by atoms with Crippen molar-refractivity contribution in [2.24, 2.45) is 5.73 Å². The number of aliphatic carboxylic acids is 2. The van der Waals surface area contributed by atoms with Crippen molar-refractivity contribution in [1.82, 2.24) is 10.2 Å². The molecule has 0 heterocycles. The van der Waals surface area contributed by atoms with Crippen molar-refractivity contribution in [3.05, 3.63) is 35.9 Å². The Bertz CT molecular complexity index is 789. The molecule has 164 valence electrons. The van der Waals surface area contributed by atoms with E-state index in [0.29, 0.717) is 4.90 Å². The number of benzene rings is 1. The molecule has 0 saturated heterocycles. The highest BCUT2D eigenvalue weighted by molar-refractivity contribution is 7.80. The molecule has 0 bridgehead atoms. The summed E-state index contributed by atoms with van der Waals surface area (Å²) in [6.07, 6.45) is -2.30. The number of nitrogens with two attached hydrogens (primary N) is 1. The standard InChI is InChI=1S/C18H23N3O8S/c19-11(18(28)29)6-7-13(22)20-12(9-30)16(26)21(8-14(23)24)17(27)15(25)10-4-2-1-3-5-10/h1-5,11-12,15,25,30H,6-9,19H2,(H,20,22)(H,23,24)(H,28,29)/t11?,12?,15-/m0/s1. The van der Waals surface area contributed by atoms with E-state index in [-0.39, 0.29) is 24.2 Å². The van der Waals surface area contributed by atoms with Crippen LogP contribution in [0.5, 0.6) is 0 Å². The van der Waals surface area contributed by atoms with Crippen LogP contribution in [0.1, 0.15) is 24.5 Å². The first-order valence-corrected chi connectivity index (χ1v) is 9.40. The van der Waals surface area contributed by atoms with Crippen molar-refractivity contribution in [2.45, 2.75) is 31.0 Å². The van der Waals surface area contributed by atoms with Gasteiger partial charge in [-0.25, -0.2) is 0 Å². The van der Waals surface area contributed by atoms with E-state index >= 15 is 0 Å². The minimum Gasteiger partial charge on any atom is -0.480 e. The lowest BCUT2D eigenvalue weighted by Crippen LogP contribution is -2.54.